The van der Waals surface area contributed by atoms with Gasteiger partial charge in [-0.2, -0.15) is 5.10 Å². The average molecular weight is 395 g/mol. The van der Waals surface area contributed by atoms with Gasteiger partial charge in [0.25, 0.3) is 5.56 Å². The fourth-order valence-electron chi connectivity index (χ4n) is 3.28. The van der Waals surface area contributed by atoms with Crippen molar-refractivity contribution in [1.29, 1.82) is 0 Å². The van der Waals surface area contributed by atoms with Gasteiger partial charge >= 0.3 is 5.69 Å². The van der Waals surface area contributed by atoms with Gasteiger partial charge in [-0.3, -0.25) is 14.3 Å². The van der Waals surface area contributed by atoms with Crippen LogP contribution in [-0.2, 0) is 0 Å². The van der Waals surface area contributed by atoms with Crippen molar-refractivity contribution in [2.24, 2.45) is 5.10 Å². The van der Waals surface area contributed by atoms with Crippen LogP contribution in [-0.4, -0.2) is 41.9 Å². The maximum absolute atomic E-state index is 12.9. The summed E-state index contributed by atoms with van der Waals surface area (Å²) in [6.45, 7) is 7.75. The quantitative estimate of drug-likeness (QED) is 0.274. The van der Waals surface area contributed by atoms with E-state index >= 15 is 0 Å². The number of aromatic amines is 1. The SMILES string of the molecule is CC[NH+](CC)CCN/N=C/c1c([O-])n(-c2cccc3ccccc23)c(=O)[nH]c1=O. The topological polar surface area (TPSA) is 107 Å². The van der Waals surface area contributed by atoms with Crippen LogP contribution >= 0.6 is 0 Å². The zero-order valence-corrected chi connectivity index (χ0v) is 16.6. The molecule has 3 aromatic rings. The van der Waals surface area contributed by atoms with Gasteiger partial charge in [0.05, 0.1) is 43.6 Å². The number of likely N-dealkylation sites (N-methyl/N-ethyl adjacent to an activating group) is 1. The van der Waals surface area contributed by atoms with E-state index in [-0.39, 0.29) is 5.56 Å². The zero-order valence-electron chi connectivity index (χ0n) is 16.6. The highest BCUT2D eigenvalue weighted by atomic mass is 16.3. The molecule has 0 unspecified atom stereocenters. The monoisotopic (exact) mass is 395 g/mol. The maximum atomic E-state index is 12.9. The Balaban J connectivity index is 1.94. The van der Waals surface area contributed by atoms with Crippen LogP contribution in [0.4, 0.5) is 0 Å². The predicted octanol–water partition coefficient (Wildman–Crippen LogP) is -0.399. The van der Waals surface area contributed by atoms with Gasteiger partial charge in [-0.05, 0) is 31.2 Å². The lowest BCUT2D eigenvalue weighted by atomic mass is 10.1. The van der Waals surface area contributed by atoms with E-state index in [1.165, 1.54) is 11.1 Å². The third-order valence-electron chi connectivity index (χ3n) is 4.98. The van der Waals surface area contributed by atoms with E-state index in [2.05, 4.69) is 29.4 Å². The maximum Gasteiger partial charge on any atom is 0.332 e. The van der Waals surface area contributed by atoms with Gasteiger partial charge < -0.3 is 15.4 Å². The summed E-state index contributed by atoms with van der Waals surface area (Å²) in [5.41, 5.74) is 1.56. The van der Waals surface area contributed by atoms with Crippen LogP contribution in [0.3, 0.4) is 0 Å². The summed E-state index contributed by atoms with van der Waals surface area (Å²) in [5.74, 6) is -0.699. The number of nitrogens with zero attached hydrogens (tertiary/aromatic N) is 2. The fraction of sp³-hybridized carbons (Fsp3) is 0.286. The Labute approximate surface area is 168 Å². The molecule has 0 aliphatic heterocycles. The largest absolute Gasteiger partial charge is 0.859 e. The molecule has 152 valence electrons. The number of H-pyrrole nitrogens is 1. The lowest BCUT2D eigenvalue weighted by Gasteiger charge is -2.19. The molecule has 2 aromatic carbocycles. The molecule has 3 N–H and O–H groups in total. The number of hydrogen-bond donors (Lipinski definition) is 3. The number of quaternary nitrogens is 1. The van der Waals surface area contributed by atoms with Crippen LogP contribution in [0.5, 0.6) is 5.88 Å². The number of nitrogens with one attached hydrogen (secondary N) is 3. The number of aromatic nitrogens is 2. The molecule has 0 spiro atoms. The van der Waals surface area contributed by atoms with E-state index in [4.69, 9.17) is 0 Å². The molecule has 1 aromatic heterocycles. The second-order valence-electron chi connectivity index (χ2n) is 6.69. The Bertz CT molecular complexity index is 1120. The van der Waals surface area contributed by atoms with Crippen LogP contribution in [0.2, 0.25) is 0 Å². The number of rotatable bonds is 8. The molecule has 3 rings (SSSR count). The van der Waals surface area contributed by atoms with Crippen LogP contribution in [0.1, 0.15) is 19.4 Å². The number of fused-ring (bicyclic) bond motifs is 1. The molecule has 0 saturated heterocycles. The minimum absolute atomic E-state index is 0.194. The molecule has 0 radical (unpaired) electrons. The highest BCUT2D eigenvalue weighted by molar-refractivity contribution is 5.91. The Morgan fingerprint density at radius 1 is 1.14 bits per heavy atom. The summed E-state index contributed by atoms with van der Waals surface area (Å²) in [4.78, 5) is 28.2. The first kappa shape index (κ1) is 20.3. The van der Waals surface area contributed by atoms with Gasteiger partial charge in [-0.25, -0.2) is 4.79 Å². The Morgan fingerprint density at radius 3 is 2.62 bits per heavy atom. The minimum Gasteiger partial charge on any atom is -0.859 e. The smallest absolute Gasteiger partial charge is 0.332 e. The first-order valence-corrected chi connectivity index (χ1v) is 9.70. The lowest BCUT2D eigenvalue weighted by molar-refractivity contribution is -0.895. The first-order valence-electron chi connectivity index (χ1n) is 9.70. The summed E-state index contributed by atoms with van der Waals surface area (Å²) in [6, 6.07) is 12.8. The molecule has 0 aliphatic rings. The van der Waals surface area contributed by atoms with Crippen LogP contribution in [0.25, 0.3) is 16.5 Å². The Hall–Kier alpha value is -3.39. The molecular weight excluding hydrogens is 370 g/mol. The molecule has 0 bridgehead atoms. The third-order valence-corrected chi connectivity index (χ3v) is 4.98. The third kappa shape index (κ3) is 4.38. The Morgan fingerprint density at radius 2 is 1.86 bits per heavy atom. The van der Waals surface area contributed by atoms with E-state index in [1.54, 1.807) is 12.1 Å². The van der Waals surface area contributed by atoms with Crippen molar-refractivity contribution < 1.29 is 10.0 Å². The fourth-order valence-corrected chi connectivity index (χ4v) is 3.28. The van der Waals surface area contributed by atoms with E-state index in [1.807, 2.05) is 30.3 Å². The second-order valence-corrected chi connectivity index (χ2v) is 6.69. The molecule has 0 atom stereocenters. The molecule has 8 heteroatoms. The van der Waals surface area contributed by atoms with E-state index in [9.17, 15) is 14.7 Å². The number of hydrogen-bond acceptors (Lipinski definition) is 5. The molecule has 0 amide bonds. The van der Waals surface area contributed by atoms with Crippen LogP contribution < -0.4 is 26.7 Å². The zero-order chi connectivity index (χ0) is 20.8. The number of benzene rings is 2. The van der Waals surface area contributed by atoms with Gasteiger partial charge in [0.2, 0.25) is 0 Å². The van der Waals surface area contributed by atoms with Gasteiger partial charge in [0.15, 0.2) is 0 Å². The molecule has 1 heterocycles. The molecule has 0 aliphatic carbocycles. The second kappa shape index (κ2) is 9.20. The van der Waals surface area contributed by atoms with Gasteiger partial charge in [-0.1, -0.05) is 36.4 Å². The minimum atomic E-state index is -0.772. The van der Waals surface area contributed by atoms with Crippen molar-refractivity contribution in [1.82, 2.24) is 15.0 Å². The van der Waals surface area contributed by atoms with E-state index in [0.29, 0.717) is 12.2 Å². The summed E-state index contributed by atoms with van der Waals surface area (Å²) >= 11 is 0. The summed E-state index contributed by atoms with van der Waals surface area (Å²) < 4.78 is 0.977. The highest BCUT2D eigenvalue weighted by Gasteiger charge is 2.11. The Kier molecular flexibility index (Phi) is 6.46. The highest BCUT2D eigenvalue weighted by Crippen LogP contribution is 2.23. The summed E-state index contributed by atoms with van der Waals surface area (Å²) in [5, 5.41) is 18.6. The van der Waals surface area contributed by atoms with Crippen molar-refractivity contribution in [3.8, 4) is 11.6 Å². The average Bonchev–Trinajstić information content (AvgIpc) is 2.72. The number of hydrazone groups is 1. The predicted molar refractivity (Wildman–Crippen MR) is 112 cm³/mol. The van der Waals surface area contributed by atoms with Crippen LogP contribution in [0.15, 0.2) is 57.2 Å². The molecule has 0 saturated carbocycles. The normalized spacial score (nSPS) is 11.6. The van der Waals surface area contributed by atoms with Crippen molar-refractivity contribution in [2.75, 3.05) is 26.2 Å². The van der Waals surface area contributed by atoms with Crippen LogP contribution in [0, 0.1) is 0 Å². The van der Waals surface area contributed by atoms with E-state index in [0.717, 1.165) is 35.0 Å². The molecule has 0 fully saturated rings. The standard InChI is InChI=1S/C21H25N5O3/c1-3-25(4-2)13-12-22-23-14-17-19(27)24-21(29)26(20(17)28)18-11-7-9-15-8-5-6-10-16(15)18/h5-11,14,22,28H,3-4,12-13H2,1-2H3,(H,24,27,29)/b23-14+. The lowest BCUT2D eigenvalue weighted by Crippen LogP contribution is -3.12. The summed E-state index contributed by atoms with van der Waals surface area (Å²) in [6.07, 6.45) is 1.18. The van der Waals surface area contributed by atoms with Crippen molar-refractivity contribution in [3.05, 3.63) is 68.9 Å². The van der Waals surface area contributed by atoms with Crippen molar-refractivity contribution in [2.45, 2.75) is 13.8 Å². The van der Waals surface area contributed by atoms with Crippen molar-refractivity contribution >= 4 is 17.0 Å². The van der Waals surface area contributed by atoms with Gasteiger partial charge in [0, 0.05) is 5.39 Å². The van der Waals surface area contributed by atoms with E-state index < -0.39 is 17.1 Å². The van der Waals surface area contributed by atoms with Crippen molar-refractivity contribution in [3.63, 3.8) is 0 Å². The van der Waals surface area contributed by atoms with Gasteiger partial charge in [0.1, 0.15) is 0 Å². The molecular formula is C21H25N5O3. The molecule has 29 heavy (non-hydrogen) atoms. The first-order chi connectivity index (χ1) is 14.1. The summed E-state index contributed by atoms with van der Waals surface area (Å²) in [7, 11) is 0. The molecule has 8 nitrogen and oxygen atoms in total. The van der Waals surface area contributed by atoms with Gasteiger partial charge in [-0.15, -0.1) is 0 Å².